The van der Waals surface area contributed by atoms with Crippen molar-refractivity contribution in [2.45, 2.75) is 25.2 Å². The van der Waals surface area contributed by atoms with Gasteiger partial charge in [-0.2, -0.15) is 13.2 Å². The quantitative estimate of drug-likeness (QED) is 0.719. The van der Waals surface area contributed by atoms with Crippen molar-refractivity contribution in [2.75, 3.05) is 13.1 Å². The first kappa shape index (κ1) is 18.7. The highest BCUT2D eigenvalue weighted by Gasteiger charge is 2.32. The maximum absolute atomic E-state index is 12.0. The summed E-state index contributed by atoms with van der Waals surface area (Å²) < 4.78 is 36.1. The van der Waals surface area contributed by atoms with Crippen LogP contribution in [0.3, 0.4) is 0 Å². The van der Waals surface area contributed by atoms with E-state index in [1.54, 1.807) is 5.32 Å². The molecule has 0 saturated heterocycles. The van der Waals surface area contributed by atoms with E-state index in [1.807, 2.05) is 24.3 Å². The molecule has 0 saturated carbocycles. The fourth-order valence-corrected chi connectivity index (χ4v) is 2.60. The van der Waals surface area contributed by atoms with Gasteiger partial charge in [-0.3, -0.25) is 19.8 Å². The zero-order valence-corrected chi connectivity index (χ0v) is 13.1. The van der Waals surface area contributed by atoms with Gasteiger partial charge in [0, 0.05) is 6.54 Å². The van der Waals surface area contributed by atoms with Crippen molar-refractivity contribution in [1.29, 1.82) is 0 Å². The minimum absolute atomic E-state index is 0.265. The molecule has 4 amide bonds. The van der Waals surface area contributed by atoms with Gasteiger partial charge in [0.1, 0.15) is 6.54 Å². The highest BCUT2D eigenvalue weighted by molar-refractivity contribution is 5.95. The Labute approximate surface area is 141 Å². The second kappa shape index (κ2) is 7.51. The third kappa shape index (κ3) is 5.45. The number of urea groups is 1. The van der Waals surface area contributed by atoms with E-state index in [-0.39, 0.29) is 13.1 Å². The normalized spacial score (nSPS) is 17.5. The molecule has 1 aromatic rings. The number of nitrogens with one attached hydrogen (secondary N) is 2. The van der Waals surface area contributed by atoms with Gasteiger partial charge in [-0.05, 0) is 17.5 Å². The summed E-state index contributed by atoms with van der Waals surface area (Å²) >= 11 is 0. The Morgan fingerprint density at radius 1 is 1.20 bits per heavy atom. The average Bonchev–Trinajstić information content (AvgIpc) is 2.51. The molecule has 0 fully saturated rings. The van der Waals surface area contributed by atoms with Gasteiger partial charge >= 0.3 is 12.2 Å². The van der Waals surface area contributed by atoms with Gasteiger partial charge in [0.15, 0.2) is 0 Å². The van der Waals surface area contributed by atoms with Gasteiger partial charge in [-0.1, -0.05) is 24.3 Å². The van der Waals surface area contributed by atoms with Crippen LogP contribution in [-0.4, -0.2) is 48.1 Å². The lowest BCUT2D eigenvalue weighted by molar-refractivity contribution is -0.128. The van der Waals surface area contributed by atoms with Crippen molar-refractivity contribution in [3.63, 3.8) is 0 Å². The van der Waals surface area contributed by atoms with Crippen LogP contribution in [0.15, 0.2) is 24.3 Å². The Morgan fingerprint density at radius 2 is 1.84 bits per heavy atom. The van der Waals surface area contributed by atoms with Gasteiger partial charge in [0.2, 0.25) is 11.8 Å². The molecule has 1 aliphatic rings. The molecule has 0 bridgehead atoms. The Kier molecular flexibility index (Phi) is 5.62. The fraction of sp³-hybridized carbons (Fsp3) is 0.400. The number of nitrogens with two attached hydrogens (primary N) is 1. The molecular weight excluding hydrogens is 341 g/mol. The average molecular weight is 358 g/mol. The number of amides is 4. The van der Waals surface area contributed by atoms with Crippen LogP contribution >= 0.6 is 0 Å². The van der Waals surface area contributed by atoms with E-state index < -0.39 is 36.6 Å². The number of primary amides is 1. The number of nitrogens with zero attached hydrogens (tertiary/aromatic N) is 1. The molecule has 1 atom stereocenters. The van der Waals surface area contributed by atoms with Crippen molar-refractivity contribution in [2.24, 2.45) is 5.73 Å². The number of fused-ring (bicyclic) bond motifs is 1. The minimum atomic E-state index is -4.58. The topological polar surface area (TPSA) is 105 Å². The molecule has 1 aliphatic heterocycles. The van der Waals surface area contributed by atoms with Crippen LogP contribution in [0.25, 0.3) is 0 Å². The first-order valence-corrected chi connectivity index (χ1v) is 7.40. The lowest BCUT2D eigenvalue weighted by Gasteiger charge is -2.34. The van der Waals surface area contributed by atoms with Crippen LogP contribution in [0.5, 0.6) is 0 Å². The van der Waals surface area contributed by atoms with E-state index in [4.69, 9.17) is 5.73 Å². The maximum Gasteiger partial charge on any atom is 0.405 e. The van der Waals surface area contributed by atoms with E-state index >= 15 is 0 Å². The number of carbonyl (C=O) groups is 3. The Bertz CT molecular complexity index is 678. The molecule has 1 aromatic carbocycles. The SMILES string of the molecule is NC(=O)C1Cc2ccccc2CN1CC(=O)NC(=O)NCC(F)(F)F. The predicted octanol–water partition coefficient (Wildman–Crippen LogP) is 0.287. The summed E-state index contributed by atoms with van der Waals surface area (Å²) in [4.78, 5) is 36.3. The fourth-order valence-electron chi connectivity index (χ4n) is 2.60. The number of carbonyl (C=O) groups excluding carboxylic acids is 3. The van der Waals surface area contributed by atoms with Crippen LogP contribution in [-0.2, 0) is 22.6 Å². The molecule has 0 aliphatic carbocycles. The number of alkyl halides is 3. The highest BCUT2D eigenvalue weighted by Crippen LogP contribution is 2.22. The first-order chi connectivity index (χ1) is 11.7. The van der Waals surface area contributed by atoms with Crippen molar-refractivity contribution in [1.82, 2.24) is 15.5 Å². The second-order valence-electron chi connectivity index (χ2n) is 5.64. The molecule has 10 heteroatoms. The third-order valence-electron chi connectivity index (χ3n) is 3.72. The van der Waals surface area contributed by atoms with Crippen LogP contribution in [0.4, 0.5) is 18.0 Å². The zero-order chi connectivity index (χ0) is 18.6. The molecule has 4 N–H and O–H groups in total. The van der Waals surface area contributed by atoms with Crippen molar-refractivity contribution >= 4 is 17.8 Å². The molecule has 0 aromatic heterocycles. The summed E-state index contributed by atoms with van der Waals surface area (Å²) in [5, 5.41) is 3.33. The summed E-state index contributed by atoms with van der Waals surface area (Å²) in [5.74, 6) is -1.45. The summed E-state index contributed by atoms with van der Waals surface area (Å²) in [6.07, 6.45) is -4.26. The minimum Gasteiger partial charge on any atom is -0.368 e. The molecule has 0 spiro atoms. The van der Waals surface area contributed by atoms with Gasteiger partial charge in [-0.15, -0.1) is 0 Å². The van der Waals surface area contributed by atoms with Crippen LogP contribution in [0.2, 0.25) is 0 Å². The van der Waals surface area contributed by atoms with E-state index in [2.05, 4.69) is 0 Å². The smallest absolute Gasteiger partial charge is 0.368 e. The lowest BCUT2D eigenvalue weighted by Crippen LogP contribution is -2.53. The van der Waals surface area contributed by atoms with E-state index in [0.717, 1.165) is 11.1 Å². The maximum atomic E-state index is 12.0. The van der Waals surface area contributed by atoms with E-state index in [9.17, 15) is 27.6 Å². The lowest BCUT2D eigenvalue weighted by atomic mass is 9.93. The number of hydrogen-bond donors (Lipinski definition) is 3. The van der Waals surface area contributed by atoms with E-state index in [1.165, 1.54) is 10.2 Å². The summed E-state index contributed by atoms with van der Waals surface area (Å²) in [7, 11) is 0. The number of halogens is 3. The molecule has 2 rings (SSSR count). The molecule has 1 unspecified atom stereocenters. The highest BCUT2D eigenvalue weighted by atomic mass is 19.4. The number of imide groups is 1. The van der Waals surface area contributed by atoms with Gasteiger partial charge in [-0.25, -0.2) is 4.79 Å². The standard InChI is InChI=1S/C15H17F3N4O3/c16-15(17,18)8-20-14(25)21-12(23)7-22-6-10-4-2-1-3-9(10)5-11(22)13(19)24/h1-4,11H,5-8H2,(H2,19,24)(H2,20,21,23,25). The number of hydrogen-bond acceptors (Lipinski definition) is 4. The third-order valence-corrected chi connectivity index (χ3v) is 3.72. The van der Waals surface area contributed by atoms with Crippen LogP contribution in [0, 0.1) is 0 Å². The van der Waals surface area contributed by atoms with Crippen LogP contribution in [0.1, 0.15) is 11.1 Å². The Hall–Kier alpha value is -2.62. The summed E-state index contributed by atoms with van der Waals surface area (Å²) in [5.41, 5.74) is 7.22. The van der Waals surface area contributed by atoms with Gasteiger partial charge in [0.25, 0.3) is 0 Å². The van der Waals surface area contributed by atoms with E-state index in [0.29, 0.717) is 6.42 Å². The monoisotopic (exact) mass is 358 g/mol. The van der Waals surface area contributed by atoms with Crippen molar-refractivity contribution in [3.8, 4) is 0 Å². The Balaban J connectivity index is 1.96. The molecule has 25 heavy (non-hydrogen) atoms. The molecule has 1 heterocycles. The molecule has 7 nitrogen and oxygen atoms in total. The predicted molar refractivity (Wildman–Crippen MR) is 81.1 cm³/mol. The first-order valence-electron chi connectivity index (χ1n) is 7.40. The summed E-state index contributed by atoms with van der Waals surface area (Å²) in [6, 6.07) is 5.34. The van der Waals surface area contributed by atoms with Crippen LogP contribution < -0.4 is 16.4 Å². The molecule has 0 radical (unpaired) electrons. The molecular formula is C15H17F3N4O3. The van der Waals surface area contributed by atoms with Crippen molar-refractivity contribution < 1.29 is 27.6 Å². The van der Waals surface area contributed by atoms with Crippen molar-refractivity contribution in [3.05, 3.63) is 35.4 Å². The second-order valence-corrected chi connectivity index (χ2v) is 5.64. The Morgan fingerprint density at radius 3 is 2.44 bits per heavy atom. The van der Waals surface area contributed by atoms with Gasteiger partial charge in [0.05, 0.1) is 12.6 Å². The number of benzene rings is 1. The largest absolute Gasteiger partial charge is 0.405 e. The summed E-state index contributed by atoms with van der Waals surface area (Å²) in [6.45, 7) is -1.63. The zero-order valence-electron chi connectivity index (χ0n) is 13.1. The van der Waals surface area contributed by atoms with Gasteiger partial charge < -0.3 is 11.1 Å². The number of rotatable bonds is 4. The molecule has 136 valence electrons.